The number of benzene rings is 2. The predicted octanol–water partition coefficient (Wildman–Crippen LogP) is 3.41. The van der Waals surface area contributed by atoms with Crippen LogP contribution in [0.1, 0.15) is 21.6 Å². The number of rotatable bonds is 11. The Morgan fingerprint density at radius 2 is 1.77 bits per heavy atom. The molecule has 2 heterocycles. The van der Waals surface area contributed by atoms with Crippen LogP contribution in [0.15, 0.2) is 60.0 Å². The predicted molar refractivity (Wildman–Crippen MR) is 152 cm³/mol. The lowest BCUT2D eigenvalue weighted by atomic mass is 10.2. The van der Waals surface area contributed by atoms with E-state index in [-0.39, 0.29) is 43.8 Å². The number of thiazole rings is 1. The summed E-state index contributed by atoms with van der Waals surface area (Å²) in [7, 11) is 1.54. The summed E-state index contributed by atoms with van der Waals surface area (Å²) in [6, 6.07) is 16.8. The van der Waals surface area contributed by atoms with Crippen LogP contribution >= 0.6 is 22.9 Å². The minimum absolute atomic E-state index is 0.0249. The Bertz CT molecular complexity index is 1250. The van der Waals surface area contributed by atoms with Crippen LogP contribution < -0.4 is 5.32 Å². The highest BCUT2D eigenvalue weighted by molar-refractivity contribution is 7.13. The molecule has 3 amide bonds. The second-order valence-electron chi connectivity index (χ2n) is 9.24. The number of aromatic nitrogens is 1. The molecule has 1 aliphatic rings. The number of hydrogen-bond acceptors (Lipinski definition) is 7. The number of anilines is 1. The van der Waals surface area contributed by atoms with Crippen molar-refractivity contribution in [1.82, 2.24) is 19.7 Å². The zero-order valence-electron chi connectivity index (χ0n) is 21.8. The second-order valence-corrected chi connectivity index (χ2v) is 10.5. The molecule has 1 N–H and O–H groups in total. The summed E-state index contributed by atoms with van der Waals surface area (Å²) in [5.74, 6) is -0.653. The van der Waals surface area contributed by atoms with Gasteiger partial charge in [0.2, 0.25) is 11.8 Å². The van der Waals surface area contributed by atoms with Crippen LogP contribution in [0, 0.1) is 0 Å². The molecule has 3 aromatic rings. The summed E-state index contributed by atoms with van der Waals surface area (Å²) in [5.41, 5.74) is 2.31. The smallest absolute Gasteiger partial charge is 0.254 e. The molecular weight excluding hydrogens is 538 g/mol. The van der Waals surface area contributed by atoms with Crippen LogP contribution in [0.5, 0.6) is 0 Å². The molecule has 39 heavy (non-hydrogen) atoms. The first-order valence-corrected chi connectivity index (χ1v) is 14.0. The molecule has 1 fully saturated rings. The zero-order valence-corrected chi connectivity index (χ0v) is 23.4. The van der Waals surface area contributed by atoms with E-state index in [0.29, 0.717) is 34.5 Å². The average molecular weight is 570 g/mol. The number of ether oxygens (including phenoxy) is 1. The summed E-state index contributed by atoms with van der Waals surface area (Å²) >= 11 is 7.18. The van der Waals surface area contributed by atoms with Crippen molar-refractivity contribution < 1.29 is 19.1 Å². The molecule has 0 unspecified atom stereocenters. The van der Waals surface area contributed by atoms with Crippen molar-refractivity contribution in [3.63, 3.8) is 0 Å². The van der Waals surface area contributed by atoms with Crippen molar-refractivity contribution in [2.75, 3.05) is 58.3 Å². The topological polar surface area (TPSA) is 95.1 Å². The van der Waals surface area contributed by atoms with Gasteiger partial charge in [0.15, 0.2) is 5.13 Å². The molecule has 11 heteroatoms. The Morgan fingerprint density at radius 3 is 2.46 bits per heavy atom. The molecule has 206 valence electrons. The SMILES string of the molecule is COCCN(CC(=O)Nc1nc(CC(=O)N2CCN(Cc3ccccc3)CC2)cs1)C(=O)c1ccc(Cl)cc1. The highest BCUT2D eigenvalue weighted by atomic mass is 35.5. The van der Waals surface area contributed by atoms with E-state index in [1.807, 2.05) is 23.1 Å². The van der Waals surface area contributed by atoms with Crippen LogP contribution in [-0.4, -0.2) is 90.4 Å². The number of methoxy groups -OCH3 is 1. The Morgan fingerprint density at radius 1 is 1.05 bits per heavy atom. The van der Waals surface area contributed by atoms with E-state index in [1.54, 1.807) is 29.6 Å². The van der Waals surface area contributed by atoms with Crippen molar-refractivity contribution in [2.24, 2.45) is 0 Å². The van der Waals surface area contributed by atoms with Gasteiger partial charge in [-0.25, -0.2) is 4.98 Å². The number of nitrogens with one attached hydrogen (secondary N) is 1. The first kappa shape index (κ1) is 28.7. The maximum absolute atomic E-state index is 12.9. The number of hydrogen-bond donors (Lipinski definition) is 1. The molecule has 1 saturated heterocycles. The van der Waals surface area contributed by atoms with E-state index in [0.717, 1.165) is 19.6 Å². The van der Waals surface area contributed by atoms with Gasteiger partial charge in [0.1, 0.15) is 6.54 Å². The highest BCUT2D eigenvalue weighted by Crippen LogP contribution is 2.18. The molecular formula is C28H32ClN5O4S. The zero-order chi connectivity index (χ0) is 27.6. The molecule has 9 nitrogen and oxygen atoms in total. The van der Waals surface area contributed by atoms with Gasteiger partial charge in [0, 0.05) is 62.3 Å². The largest absolute Gasteiger partial charge is 0.383 e. The fraction of sp³-hybridized carbons (Fsp3) is 0.357. The number of halogens is 1. The van der Waals surface area contributed by atoms with Gasteiger partial charge in [0.05, 0.1) is 18.7 Å². The van der Waals surface area contributed by atoms with Crippen LogP contribution in [0.4, 0.5) is 5.13 Å². The number of nitrogens with zero attached hydrogens (tertiary/aromatic N) is 4. The van der Waals surface area contributed by atoms with E-state index in [4.69, 9.17) is 16.3 Å². The lowest BCUT2D eigenvalue weighted by molar-refractivity contribution is -0.132. The third-order valence-electron chi connectivity index (χ3n) is 6.38. The fourth-order valence-corrected chi connectivity index (χ4v) is 5.12. The fourth-order valence-electron chi connectivity index (χ4n) is 4.27. The lowest BCUT2D eigenvalue weighted by Gasteiger charge is -2.34. The molecule has 0 atom stereocenters. The Labute approximate surface area is 237 Å². The van der Waals surface area contributed by atoms with E-state index in [1.165, 1.54) is 28.9 Å². The minimum atomic E-state index is -0.379. The quantitative estimate of drug-likeness (QED) is 0.380. The molecule has 0 aliphatic carbocycles. The summed E-state index contributed by atoms with van der Waals surface area (Å²) in [6.45, 7) is 4.27. The van der Waals surface area contributed by atoms with Crippen molar-refractivity contribution in [3.05, 3.63) is 81.8 Å². The van der Waals surface area contributed by atoms with Gasteiger partial charge in [-0.2, -0.15) is 0 Å². The lowest BCUT2D eigenvalue weighted by Crippen LogP contribution is -2.48. The summed E-state index contributed by atoms with van der Waals surface area (Å²) < 4.78 is 5.10. The Hall–Kier alpha value is -3.31. The molecule has 4 rings (SSSR count). The van der Waals surface area contributed by atoms with Crippen molar-refractivity contribution in [2.45, 2.75) is 13.0 Å². The maximum Gasteiger partial charge on any atom is 0.254 e. The molecule has 1 aromatic heterocycles. The highest BCUT2D eigenvalue weighted by Gasteiger charge is 2.23. The van der Waals surface area contributed by atoms with Gasteiger partial charge in [0.25, 0.3) is 5.91 Å². The molecule has 1 aliphatic heterocycles. The number of amides is 3. The van der Waals surface area contributed by atoms with Crippen molar-refractivity contribution in [1.29, 1.82) is 0 Å². The molecule has 2 aromatic carbocycles. The van der Waals surface area contributed by atoms with Gasteiger partial charge in [-0.1, -0.05) is 41.9 Å². The van der Waals surface area contributed by atoms with Gasteiger partial charge in [-0.3, -0.25) is 19.3 Å². The molecule has 0 bridgehead atoms. The monoisotopic (exact) mass is 569 g/mol. The van der Waals surface area contributed by atoms with E-state index < -0.39 is 0 Å². The number of carbonyl (C=O) groups is 3. The number of carbonyl (C=O) groups excluding carboxylic acids is 3. The van der Waals surface area contributed by atoms with Crippen LogP contribution in [0.25, 0.3) is 0 Å². The van der Waals surface area contributed by atoms with E-state index >= 15 is 0 Å². The molecule has 0 saturated carbocycles. The van der Waals surface area contributed by atoms with Crippen LogP contribution in [-0.2, 0) is 27.3 Å². The van der Waals surface area contributed by atoms with Gasteiger partial charge < -0.3 is 19.9 Å². The summed E-state index contributed by atoms with van der Waals surface area (Å²) in [4.78, 5) is 48.6. The summed E-state index contributed by atoms with van der Waals surface area (Å²) in [6.07, 6.45) is 0.181. The second kappa shape index (κ2) is 14.2. The van der Waals surface area contributed by atoms with Crippen molar-refractivity contribution >= 4 is 45.8 Å². The maximum atomic E-state index is 12.9. The van der Waals surface area contributed by atoms with Gasteiger partial charge >= 0.3 is 0 Å². The van der Waals surface area contributed by atoms with E-state index in [9.17, 15) is 14.4 Å². The third-order valence-corrected chi connectivity index (χ3v) is 7.44. The minimum Gasteiger partial charge on any atom is -0.383 e. The van der Waals surface area contributed by atoms with E-state index in [2.05, 4.69) is 27.3 Å². The van der Waals surface area contributed by atoms with Gasteiger partial charge in [-0.15, -0.1) is 11.3 Å². The first-order chi connectivity index (χ1) is 18.9. The average Bonchev–Trinajstić information content (AvgIpc) is 3.38. The van der Waals surface area contributed by atoms with Gasteiger partial charge in [-0.05, 0) is 29.8 Å². The van der Waals surface area contributed by atoms with Crippen LogP contribution in [0.3, 0.4) is 0 Å². The molecule has 0 radical (unpaired) electrons. The molecule has 0 spiro atoms. The Balaban J connectivity index is 1.25. The van der Waals surface area contributed by atoms with Crippen molar-refractivity contribution in [3.8, 4) is 0 Å². The van der Waals surface area contributed by atoms with Crippen LogP contribution in [0.2, 0.25) is 5.02 Å². The third kappa shape index (κ3) is 8.59. The first-order valence-electron chi connectivity index (χ1n) is 12.7. The standard InChI is InChI=1S/C28H32ClN5O4S/c1-38-16-15-34(27(37)22-7-9-23(29)10-8-22)19-25(35)31-28-30-24(20-39-28)17-26(36)33-13-11-32(12-14-33)18-21-5-3-2-4-6-21/h2-10,20H,11-19H2,1H3,(H,30,31,35). The number of piperazine rings is 1. The Kier molecular flexibility index (Phi) is 10.4. The normalized spacial score (nSPS) is 13.7. The summed E-state index contributed by atoms with van der Waals surface area (Å²) in [5, 5.41) is 5.44.